The van der Waals surface area contributed by atoms with Crippen molar-refractivity contribution in [1.82, 2.24) is 0 Å². The van der Waals surface area contributed by atoms with E-state index in [0.29, 0.717) is 0 Å². The molecule has 78 valence electrons. The lowest BCUT2D eigenvalue weighted by molar-refractivity contribution is -0.146. The third-order valence-electron chi connectivity index (χ3n) is 1.70. The molecule has 15 heavy (non-hydrogen) atoms. The quantitative estimate of drug-likeness (QED) is 0.546. The Balaban J connectivity index is 2.29. The molecule has 0 bridgehead atoms. The minimum atomic E-state index is -0.540. The highest BCUT2D eigenvalue weighted by Gasteiger charge is 2.24. The Morgan fingerprint density at radius 2 is 1.87 bits per heavy atom. The van der Waals surface area contributed by atoms with Gasteiger partial charge in [0.05, 0.1) is 12.8 Å². The predicted molar refractivity (Wildman–Crippen MR) is 47.2 cm³/mol. The van der Waals surface area contributed by atoms with E-state index >= 15 is 0 Å². The topological polar surface area (TPSA) is 74.2 Å². The van der Waals surface area contributed by atoms with Crippen LogP contribution in [0.2, 0.25) is 0 Å². The lowest BCUT2D eigenvalue weighted by Gasteiger charge is -2.12. The van der Waals surface area contributed by atoms with Crippen LogP contribution < -0.4 is 0 Å². The smallest absolute Gasteiger partial charge is 0.313 e. The summed E-state index contributed by atoms with van der Waals surface area (Å²) in [6.45, 7) is 0. The lowest BCUT2D eigenvalue weighted by atomic mass is 10.3. The fourth-order valence-electron chi connectivity index (χ4n) is 1.04. The van der Waals surface area contributed by atoms with Crippen LogP contribution in [0.4, 0.5) is 0 Å². The standard InChI is InChI=1S/C9H7NO5/c11-7-3-4-8(12)15-9-6(14-7)2-1-5-13-10-9/h1-2,5H,3-4H2. The van der Waals surface area contributed by atoms with E-state index < -0.39 is 11.9 Å². The van der Waals surface area contributed by atoms with Crippen molar-refractivity contribution in [3.8, 4) is 0 Å². The number of hydrogen-bond acceptors (Lipinski definition) is 6. The van der Waals surface area contributed by atoms with Gasteiger partial charge in [0.15, 0.2) is 5.76 Å². The molecule has 1 fully saturated rings. The molecule has 0 amide bonds. The van der Waals surface area contributed by atoms with Crippen LogP contribution in [0, 0.1) is 0 Å². The molecule has 2 rings (SSSR count). The Kier molecular flexibility index (Phi) is 2.49. The van der Waals surface area contributed by atoms with Gasteiger partial charge in [0.1, 0.15) is 6.26 Å². The first-order valence-electron chi connectivity index (χ1n) is 4.28. The van der Waals surface area contributed by atoms with Crippen LogP contribution >= 0.6 is 0 Å². The zero-order valence-corrected chi connectivity index (χ0v) is 7.63. The minimum absolute atomic E-state index is 0.00593. The third kappa shape index (κ3) is 2.22. The largest absolute Gasteiger partial charge is 0.421 e. The summed E-state index contributed by atoms with van der Waals surface area (Å²) in [6.07, 6.45) is 4.15. The number of fused-ring (bicyclic) bond motifs is 1. The number of ether oxygens (including phenoxy) is 2. The van der Waals surface area contributed by atoms with Crippen LogP contribution in [0.15, 0.2) is 29.3 Å². The molecule has 0 aromatic rings. The number of esters is 2. The fourth-order valence-corrected chi connectivity index (χ4v) is 1.04. The number of oxime groups is 1. The Morgan fingerprint density at radius 3 is 2.67 bits per heavy atom. The highest BCUT2D eigenvalue weighted by molar-refractivity contribution is 6.01. The molecule has 0 aliphatic carbocycles. The Bertz CT molecular complexity index is 393. The van der Waals surface area contributed by atoms with Gasteiger partial charge < -0.3 is 14.3 Å². The van der Waals surface area contributed by atoms with E-state index in [-0.39, 0.29) is 24.5 Å². The molecule has 0 N–H and O–H groups in total. The van der Waals surface area contributed by atoms with Crippen LogP contribution in [0.3, 0.4) is 0 Å². The fraction of sp³-hybridized carbons (Fsp3) is 0.222. The number of allylic oxidation sites excluding steroid dienone is 2. The summed E-state index contributed by atoms with van der Waals surface area (Å²) in [4.78, 5) is 26.9. The predicted octanol–water partition coefficient (Wildman–Crippen LogP) is 0.608. The Hall–Kier alpha value is -2.11. The van der Waals surface area contributed by atoms with E-state index in [1.165, 1.54) is 18.4 Å². The number of hydrogen-bond donors (Lipinski definition) is 0. The summed E-state index contributed by atoms with van der Waals surface area (Å²) in [5, 5.41) is 3.47. The maximum Gasteiger partial charge on any atom is 0.313 e. The summed E-state index contributed by atoms with van der Waals surface area (Å²) in [7, 11) is 0. The average Bonchev–Trinajstić information content (AvgIpc) is 2.40. The molecule has 0 spiro atoms. The van der Waals surface area contributed by atoms with Crippen LogP contribution in [0.1, 0.15) is 12.8 Å². The molecule has 2 aliphatic heterocycles. The van der Waals surface area contributed by atoms with E-state index in [0.717, 1.165) is 0 Å². The van der Waals surface area contributed by atoms with Gasteiger partial charge in [-0.2, -0.15) is 0 Å². The molecule has 6 heteroatoms. The van der Waals surface area contributed by atoms with Crippen molar-refractivity contribution < 1.29 is 23.9 Å². The van der Waals surface area contributed by atoms with Crippen LogP contribution in [-0.2, 0) is 23.9 Å². The summed E-state index contributed by atoms with van der Waals surface area (Å²) in [5.41, 5.74) is 0. The van der Waals surface area contributed by atoms with Crippen molar-refractivity contribution in [1.29, 1.82) is 0 Å². The molecule has 0 radical (unpaired) electrons. The molecule has 1 saturated heterocycles. The number of rotatable bonds is 0. The normalized spacial score (nSPS) is 20.5. The zero-order valence-electron chi connectivity index (χ0n) is 7.63. The van der Waals surface area contributed by atoms with Crippen LogP contribution in [0.5, 0.6) is 0 Å². The summed E-state index contributed by atoms with van der Waals surface area (Å²) in [5.74, 6) is -1.11. The van der Waals surface area contributed by atoms with Gasteiger partial charge in [0.25, 0.3) is 0 Å². The summed E-state index contributed by atoms with van der Waals surface area (Å²) in [6, 6.07) is 0. The lowest BCUT2D eigenvalue weighted by Crippen LogP contribution is -2.22. The molecule has 2 aliphatic rings. The first-order chi connectivity index (χ1) is 7.25. The van der Waals surface area contributed by atoms with E-state index in [1.54, 1.807) is 0 Å². The number of carbonyl (C=O) groups excluding carboxylic acids is 2. The van der Waals surface area contributed by atoms with Crippen LogP contribution in [0.25, 0.3) is 0 Å². The summed E-state index contributed by atoms with van der Waals surface area (Å²) < 4.78 is 9.73. The zero-order chi connectivity index (χ0) is 10.7. The molecule has 6 nitrogen and oxygen atoms in total. The number of carbonyl (C=O) groups is 2. The van der Waals surface area contributed by atoms with Gasteiger partial charge in [-0.25, -0.2) is 0 Å². The third-order valence-corrected chi connectivity index (χ3v) is 1.70. The van der Waals surface area contributed by atoms with Crippen molar-refractivity contribution in [2.75, 3.05) is 0 Å². The Labute approximate surface area is 84.8 Å². The van der Waals surface area contributed by atoms with Crippen molar-refractivity contribution in [3.63, 3.8) is 0 Å². The van der Waals surface area contributed by atoms with E-state index in [2.05, 4.69) is 9.99 Å². The molecule has 0 aromatic heterocycles. The van der Waals surface area contributed by atoms with Gasteiger partial charge in [0.2, 0.25) is 0 Å². The molecule has 0 unspecified atom stereocenters. The van der Waals surface area contributed by atoms with E-state index in [1.807, 2.05) is 0 Å². The maximum absolute atomic E-state index is 11.2. The minimum Gasteiger partial charge on any atom is -0.421 e. The molecule has 2 heterocycles. The van der Waals surface area contributed by atoms with Crippen molar-refractivity contribution in [2.24, 2.45) is 5.16 Å². The van der Waals surface area contributed by atoms with Crippen LogP contribution in [-0.4, -0.2) is 17.8 Å². The van der Waals surface area contributed by atoms with Gasteiger partial charge in [-0.1, -0.05) is 0 Å². The first-order valence-corrected chi connectivity index (χ1v) is 4.28. The molecule has 0 atom stereocenters. The van der Waals surface area contributed by atoms with Gasteiger partial charge >= 0.3 is 17.8 Å². The SMILES string of the molecule is O=C1CCC(=O)OC2=NOC=CC=C2O1. The monoisotopic (exact) mass is 209 g/mol. The average molecular weight is 209 g/mol. The second-order valence-electron chi connectivity index (χ2n) is 2.81. The molecular formula is C9H7NO5. The van der Waals surface area contributed by atoms with Crippen molar-refractivity contribution in [3.05, 3.63) is 24.2 Å². The Morgan fingerprint density at radius 1 is 1.13 bits per heavy atom. The van der Waals surface area contributed by atoms with E-state index in [9.17, 15) is 9.59 Å². The molecule has 0 aromatic carbocycles. The van der Waals surface area contributed by atoms with Gasteiger partial charge in [-0.3, -0.25) is 9.59 Å². The summed E-state index contributed by atoms with van der Waals surface area (Å²) >= 11 is 0. The van der Waals surface area contributed by atoms with E-state index in [4.69, 9.17) is 9.47 Å². The molecular weight excluding hydrogens is 202 g/mol. The van der Waals surface area contributed by atoms with Crippen molar-refractivity contribution >= 4 is 17.8 Å². The number of nitrogens with zero attached hydrogens (tertiary/aromatic N) is 1. The highest BCUT2D eigenvalue weighted by Crippen LogP contribution is 2.13. The second-order valence-corrected chi connectivity index (χ2v) is 2.81. The second kappa shape index (κ2) is 3.95. The van der Waals surface area contributed by atoms with Crippen molar-refractivity contribution in [2.45, 2.75) is 12.8 Å². The van der Waals surface area contributed by atoms with Gasteiger partial charge in [0, 0.05) is 0 Å². The highest BCUT2D eigenvalue weighted by atomic mass is 16.7. The maximum atomic E-state index is 11.2. The first kappa shape index (κ1) is 9.45. The van der Waals surface area contributed by atoms with Gasteiger partial charge in [-0.05, 0) is 17.3 Å². The molecule has 0 saturated carbocycles. The van der Waals surface area contributed by atoms with Gasteiger partial charge in [-0.15, -0.1) is 0 Å².